The van der Waals surface area contributed by atoms with Crippen LogP contribution in [-0.4, -0.2) is 49.8 Å². The molecule has 0 aliphatic rings. The largest absolute Gasteiger partial charge is 0.497 e. The molecule has 0 spiro atoms. The molecule has 182 valence electrons. The van der Waals surface area contributed by atoms with Crippen LogP contribution in [0.3, 0.4) is 0 Å². The number of benzene rings is 2. The molecule has 2 heterocycles. The van der Waals surface area contributed by atoms with E-state index in [4.69, 9.17) is 9.47 Å². The van der Waals surface area contributed by atoms with Crippen molar-refractivity contribution in [1.82, 2.24) is 18.7 Å². The van der Waals surface area contributed by atoms with Crippen molar-refractivity contribution in [3.05, 3.63) is 81.0 Å². The fraction of sp³-hybridized carbons (Fsp3) is 0.250. The Hall–Kier alpha value is -4.38. The highest BCUT2D eigenvalue weighted by Crippen LogP contribution is 2.19. The summed E-state index contributed by atoms with van der Waals surface area (Å²) in [4.78, 5) is 29.8. The third-order valence-electron chi connectivity index (χ3n) is 5.42. The topological polar surface area (TPSA) is 125 Å². The molecule has 0 saturated heterocycles. The van der Waals surface area contributed by atoms with Gasteiger partial charge in [0.1, 0.15) is 24.2 Å². The maximum absolute atomic E-state index is 12.9. The molecule has 11 heteroatoms. The summed E-state index contributed by atoms with van der Waals surface area (Å²) in [5, 5.41) is 14.9. The van der Waals surface area contributed by atoms with Crippen molar-refractivity contribution in [3.8, 4) is 11.5 Å². The lowest BCUT2D eigenvalue weighted by molar-refractivity contribution is 0.0938. The number of aryl methyl sites for hydroxylation is 1. The molecule has 1 atom stereocenters. The maximum Gasteiger partial charge on any atom is 0.332 e. The van der Waals surface area contributed by atoms with Crippen LogP contribution in [0.25, 0.3) is 11.2 Å². The Bertz CT molecular complexity index is 1450. The van der Waals surface area contributed by atoms with Gasteiger partial charge in [-0.25, -0.2) is 10.2 Å². The van der Waals surface area contributed by atoms with Crippen molar-refractivity contribution in [1.29, 1.82) is 0 Å². The monoisotopic (exact) mass is 478 g/mol. The van der Waals surface area contributed by atoms with E-state index in [0.29, 0.717) is 11.5 Å². The SMILES string of the molecule is COc1ccc(OCC(O)Cn2c(NN=Cc3ccccc3)nc3c2c(=O)n(C)c(=O)n3C)cc1. The zero-order valence-electron chi connectivity index (χ0n) is 19.6. The summed E-state index contributed by atoms with van der Waals surface area (Å²) in [7, 11) is 4.50. The summed E-state index contributed by atoms with van der Waals surface area (Å²) in [6.07, 6.45) is 0.611. The van der Waals surface area contributed by atoms with Crippen molar-refractivity contribution < 1.29 is 14.6 Å². The number of hydrazone groups is 1. The number of hydrogen-bond donors (Lipinski definition) is 2. The predicted molar refractivity (Wildman–Crippen MR) is 132 cm³/mol. The Kier molecular flexibility index (Phi) is 6.97. The second-order valence-electron chi connectivity index (χ2n) is 7.85. The molecule has 4 aromatic rings. The molecule has 0 saturated carbocycles. The van der Waals surface area contributed by atoms with E-state index in [2.05, 4.69) is 15.5 Å². The highest BCUT2D eigenvalue weighted by molar-refractivity contribution is 5.80. The summed E-state index contributed by atoms with van der Waals surface area (Å²) in [5.74, 6) is 1.45. The molecule has 11 nitrogen and oxygen atoms in total. The normalized spacial score (nSPS) is 12.2. The van der Waals surface area contributed by atoms with Gasteiger partial charge in [0.15, 0.2) is 11.2 Å². The van der Waals surface area contributed by atoms with E-state index in [9.17, 15) is 14.7 Å². The van der Waals surface area contributed by atoms with Gasteiger partial charge in [-0.2, -0.15) is 10.1 Å². The van der Waals surface area contributed by atoms with Gasteiger partial charge in [0.25, 0.3) is 5.56 Å². The first-order valence-electron chi connectivity index (χ1n) is 10.8. The van der Waals surface area contributed by atoms with E-state index >= 15 is 0 Å². The highest BCUT2D eigenvalue weighted by Gasteiger charge is 2.21. The number of hydrogen-bond acceptors (Lipinski definition) is 8. The van der Waals surface area contributed by atoms with Crippen LogP contribution < -0.4 is 26.1 Å². The van der Waals surface area contributed by atoms with Gasteiger partial charge in [-0.15, -0.1) is 0 Å². The number of aliphatic hydroxyl groups excluding tert-OH is 1. The number of nitrogens with one attached hydrogen (secondary N) is 1. The first kappa shape index (κ1) is 23.8. The first-order chi connectivity index (χ1) is 16.9. The summed E-state index contributed by atoms with van der Waals surface area (Å²) in [6.45, 7) is -0.0614. The van der Waals surface area contributed by atoms with Crippen LogP contribution >= 0.6 is 0 Å². The zero-order valence-corrected chi connectivity index (χ0v) is 19.6. The van der Waals surface area contributed by atoms with E-state index in [0.717, 1.165) is 10.1 Å². The Labute approximate surface area is 200 Å². The predicted octanol–water partition coefficient (Wildman–Crippen LogP) is 1.33. The smallest absolute Gasteiger partial charge is 0.332 e. The Morgan fingerprint density at radius 3 is 2.43 bits per heavy atom. The lowest BCUT2D eigenvalue weighted by Crippen LogP contribution is -2.38. The molecule has 0 fully saturated rings. The van der Waals surface area contributed by atoms with Crippen LogP contribution in [0.1, 0.15) is 5.56 Å². The van der Waals surface area contributed by atoms with Gasteiger partial charge in [0, 0.05) is 14.1 Å². The van der Waals surface area contributed by atoms with Gasteiger partial charge in [-0.1, -0.05) is 30.3 Å². The third kappa shape index (κ3) is 5.09. The Morgan fingerprint density at radius 1 is 1.06 bits per heavy atom. The first-order valence-corrected chi connectivity index (χ1v) is 10.8. The van der Waals surface area contributed by atoms with Crippen molar-refractivity contribution >= 4 is 23.3 Å². The van der Waals surface area contributed by atoms with Crippen LogP contribution in [0.15, 0.2) is 69.3 Å². The van der Waals surface area contributed by atoms with Crippen LogP contribution in [-0.2, 0) is 20.6 Å². The number of rotatable bonds is 9. The zero-order chi connectivity index (χ0) is 24.9. The minimum absolute atomic E-state index is 0.0245. The molecule has 0 bridgehead atoms. The van der Waals surface area contributed by atoms with Gasteiger partial charge in [0.05, 0.1) is 19.9 Å². The quantitative estimate of drug-likeness (QED) is 0.275. The van der Waals surface area contributed by atoms with Crippen LogP contribution in [0, 0.1) is 0 Å². The fourth-order valence-electron chi connectivity index (χ4n) is 3.54. The van der Waals surface area contributed by atoms with E-state index < -0.39 is 17.4 Å². The Morgan fingerprint density at radius 2 is 1.74 bits per heavy atom. The summed E-state index contributed by atoms with van der Waals surface area (Å²) < 4.78 is 14.6. The third-order valence-corrected chi connectivity index (χ3v) is 5.42. The molecule has 2 N–H and O–H groups in total. The summed E-state index contributed by atoms with van der Waals surface area (Å²) in [6, 6.07) is 16.4. The standard InChI is InChI=1S/C24H26N6O5/c1-28-21-20(22(32)29(2)24(28)33)30(23(26-21)27-25-13-16-7-5-4-6-8-16)14-17(31)15-35-19-11-9-18(34-3)10-12-19/h4-13,17,31H,14-15H2,1-3H3,(H,26,27). The van der Waals surface area contributed by atoms with Gasteiger partial charge in [0.2, 0.25) is 5.95 Å². The minimum Gasteiger partial charge on any atom is -0.497 e. The molecule has 0 aliphatic carbocycles. The number of ether oxygens (including phenoxy) is 2. The molecule has 0 aliphatic heterocycles. The number of fused-ring (bicyclic) bond motifs is 1. The molecule has 4 rings (SSSR count). The highest BCUT2D eigenvalue weighted by atomic mass is 16.5. The van der Waals surface area contributed by atoms with Gasteiger partial charge < -0.3 is 19.1 Å². The maximum atomic E-state index is 12.9. The number of nitrogens with zero attached hydrogens (tertiary/aromatic N) is 5. The van der Waals surface area contributed by atoms with Crippen molar-refractivity contribution in [2.45, 2.75) is 12.6 Å². The van der Waals surface area contributed by atoms with E-state index in [1.165, 1.54) is 23.2 Å². The van der Waals surface area contributed by atoms with Crippen molar-refractivity contribution in [2.24, 2.45) is 19.2 Å². The van der Waals surface area contributed by atoms with Gasteiger partial charge in [-0.05, 0) is 29.8 Å². The van der Waals surface area contributed by atoms with Crippen LogP contribution in [0.2, 0.25) is 0 Å². The summed E-state index contributed by atoms with van der Waals surface area (Å²) >= 11 is 0. The van der Waals surface area contributed by atoms with E-state index in [1.54, 1.807) is 37.6 Å². The molecule has 2 aromatic carbocycles. The molecular formula is C24H26N6O5. The van der Waals surface area contributed by atoms with Crippen molar-refractivity contribution in [2.75, 3.05) is 19.1 Å². The van der Waals surface area contributed by atoms with E-state index in [1.807, 2.05) is 30.3 Å². The lowest BCUT2D eigenvalue weighted by atomic mass is 10.2. The fourth-order valence-corrected chi connectivity index (χ4v) is 3.54. The summed E-state index contributed by atoms with van der Waals surface area (Å²) in [5.41, 5.74) is 3.00. The number of aliphatic hydroxyl groups is 1. The second kappa shape index (κ2) is 10.3. The van der Waals surface area contributed by atoms with E-state index in [-0.39, 0.29) is 30.3 Å². The van der Waals surface area contributed by atoms with Gasteiger partial charge in [-0.3, -0.25) is 13.9 Å². The average Bonchev–Trinajstić information content (AvgIpc) is 3.24. The second-order valence-corrected chi connectivity index (χ2v) is 7.85. The number of aromatic nitrogens is 4. The lowest BCUT2D eigenvalue weighted by Gasteiger charge is -2.15. The van der Waals surface area contributed by atoms with Crippen molar-refractivity contribution in [3.63, 3.8) is 0 Å². The minimum atomic E-state index is -0.991. The van der Waals surface area contributed by atoms with Crippen LogP contribution in [0.4, 0.5) is 5.95 Å². The number of methoxy groups -OCH3 is 1. The molecule has 2 aromatic heterocycles. The number of anilines is 1. The molecule has 0 radical (unpaired) electrons. The average molecular weight is 479 g/mol. The number of imidazole rings is 1. The molecule has 1 unspecified atom stereocenters. The molecular weight excluding hydrogens is 452 g/mol. The Balaban J connectivity index is 1.62. The molecule has 0 amide bonds. The van der Waals surface area contributed by atoms with Crippen LogP contribution in [0.5, 0.6) is 11.5 Å². The molecule has 35 heavy (non-hydrogen) atoms. The van der Waals surface area contributed by atoms with Gasteiger partial charge >= 0.3 is 5.69 Å².